The van der Waals surface area contributed by atoms with Crippen LogP contribution in [0, 0.1) is 0 Å². The zero-order valence-electron chi connectivity index (χ0n) is 12.8. The summed E-state index contributed by atoms with van der Waals surface area (Å²) in [6, 6.07) is -0.136. The Morgan fingerprint density at radius 2 is 2.19 bits per heavy atom. The fourth-order valence-corrected chi connectivity index (χ4v) is 4.22. The van der Waals surface area contributed by atoms with Crippen LogP contribution in [0.2, 0.25) is 0 Å². The van der Waals surface area contributed by atoms with E-state index in [-0.39, 0.29) is 22.4 Å². The number of aryl methyl sites for hydroxylation is 1. The summed E-state index contributed by atoms with van der Waals surface area (Å²) in [5, 5.41) is 3.88. The smallest absolute Gasteiger partial charge is 0.246 e. The topological polar surface area (TPSA) is 99.2 Å². The third-order valence-corrected chi connectivity index (χ3v) is 5.75. The predicted octanol–water partition coefficient (Wildman–Crippen LogP) is 1.02. The van der Waals surface area contributed by atoms with E-state index in [9.17, 15) is 8.42 Å². The van der Waals surface area contributed by atoms with Gasteiger partial charge in [0.15, 0.2) is 5.82 Å². The highest BCUT2D eigenvalue weighted by Crippen LogP contribution is 2.32. The van der Waals surface area contributed by atoms with Gasteiger partial charge in [0.25, 0.3) is 0 Å². The molecule has 1 aromatic rings. The fraction of sp³-hybridized carbons (Fsp3) is 0.769. The molecule has 0 aromatic carbocycles. The van der Waals surface area contributed by atoms with Gasteiger partial charge in [0.05, 0.1) is 5.60 Å². The highest BCUT2D eigenvalue weighted by Gasteiger charge is 2.36. The molecule has 120 valence electrons. The van der Waals surface area contributed by atoms with Crippen LogP contribution in [-0.4, -0.2) is 36.4 Å². The van der Waals surface area contributed by atoms with Gasteiger partial charge in [-0.3, -0.25) is 4.68 Å². The van der Waals surface area contributed by atoms with Gasteiger partial charge in [-0.25, -0.2) is 13.1 Å². The summed E-state index contributed by atoms with van der Waals surface area (Å²) in [5.41, 5.74) is 5.43. The van der Waals surface area contributed by atoms with Crippen molar-refractivity contribution in [3.63, 3.8) is 0 Å². The Morgan fingerprint density at radius 1 is 1.52 bits per heavy atom. The van der Waals surface area contributed by atoms with E-state index >= 15 is 0 Å². The molecule has 1 fully saturated rings. The van der Waals surface area contributed by atoms with Crippen molar-refractivity contribution in [2.24, 2.45) is 7.05 Å². The molecule has 2 heterocycles. The zero-order valence-corrected chi connectivity index (χ0v) is 13.6. The van der Waals surface area contributed by atoms with Crippen LogP contribution in [0.5, 0.6) is 0 Å². The quantitative estimate of drug-likeness (QED) is 0.845. The third kappa shape index (κ3) is 3.38. The lowest BCUT2D eigenvalue weighted by molar-refractivity contribution is -0.0905. The second kappa shape index (κ2) is 5.94. The highest BCUT2D eigenvalue weighted by atomic mass is 32.2. The van der Waals surface area contributed by atoms with Gasteiger partial charge in [-0.15, -0.1) is 0 Å². The van der Waals surface area contributed by atoms with Crippen molar-refractivity contribution in [2.75, 3.05) is 12.3 Å². The van der Waals surface area contributed by atoms with Gasteiger partial charge in [0, 0.05) is 25.9 Å². The number of aromatic nitrogens is 2. The van der Waals surface area contributed by atoms with Crippen LogP contribution in [-0.2, 0) is 21.8 Å². The first-order valence-electron chi connectivity index (χ1n) is 7.27. The molecular weight excluding hydrogens is 292 g/mol. The van der Waals surface area contributed by atoms with Crippen LogP contribution in [0.3, 0.4) is 0 Å². The van der Waals surface area contributed by atoms with Crippen molar-refractivity contribution in [3.05, 3.63) is 6.20 Å². The summed E-state index contributed by atoms with van der Waals surface area (Å²) >= 11 is 0. The van der Waals surface area contributed by atoms with Gasteiger partial charge in [-0.1, -0.05) is 13.8 Å². The minimum absolute atomic E-state index is 0.0225. The van der Waals surface area contributed by atoms with Crippen molar-refractivity contribution in [2.45, 2.75) is 56.1 Å². The summed E-state index contributed by atoms with van der Waals surface area (Å²) in [6.45, 7) is 4.70. The maximum Gasteiger partial charge on any atom is 0.246 e. The second-order valence-electron chi connectivity index (χ2n) is 5.60. The summed E-state index contributed by atoms with van der Waals surface area (Å²) in [5.74, 6) is 0.0225. The number of hydrogen-bond acceptors (Lipinski definition) is 5. The molecule has 1 atom stereocenters. The number of sulfonamides is 1. The molecule has 2 rings (SSSR count). The lowest BCUT2D eigenvalue weighted by Crippen LogP contribution is -2.48. The minimum atomic E-state index is -3.65. The molecule has 0 spiro atoms. The van der Waals surface area contributed by atoms with Crippen LogP contribution >= 0.6 is 0 Å². The van der Waals surface area contributed by atoms with Gasteiger partial charge in [0.2, 0.25) is 10.0 Å². The summed E-state index contributed by atoms with van der Waals surface area (Å²) < 4.78 is 34.9. The molecule has 0 aliphatic carbocycles. The fourth-order valence-electron chi connectivity index (χ4n) is 2.84. The van der Waals surface area contributed by atoms with E-state index < -0.39 is 10.0 Å². The lowest BCUT2D eigenvalue weighted by atomic mass is 9.86. The number of rotatable bonds is 5. The molecule has 0 amide bonds. The normalized spacial score (nSPS) is 22.3. The van der Waals surface area contributed by atoms with E-state index in [1.54, 1.807) is 7.05 Å². The molecule has 1 aliphatic rings. The molecule has 1 unspecified atom stereocenters. The van der Waals surface area contributed by atoms with Crippen molar-refractivity contribution >= 4 is 15.8 Å². The van der Waals surface area contributed by atoms with E-state index in [1.807, 2.05) is 0 Å². The van der Waals surface area contributed by atoms with Crippen molar-refractivity contribution < 1.29 is 13.2 Å². The first kappa shape index (κ1) is 16.3. The van der Waals surface area contributed by atoms with Crippen molar-refractivity contribution in [1.82, 2.24) is 14.5 Å². The third-order valence-electron chi connectivity index (χ3n) is 4.21. The summed E-state index contributed by atoms with van der Waals surface area (Å²) in [7, 11) is -2.01. The van der Waals surface area contributed by atoms with E-state index in [2.05, 4.69) is 23.7 Å². The zero-order chi connectivity index (χ0) is 15.7. The maximum atomic E-state index is 12.4. The minimum Gasteiger partial charge on any atom is -0.381 e. The van der Waals surface area contributed by atoms with Gasteiger partial charge < -0.3 is 10.5 Å². The molecule has 8 heteroatoms. The van der Waals surface area contributed by atoms with Crippen LogP contribution in [0.15, 0.2) is 11.1 Å². The number of anilines is 1. The second-order valence-corrected chi connectivity index (χ2v) is 7.28. The standard InChI is InChI=1S/C13H24N4O3S/c1-4-13(5-2)8-10(6-7-20-13)16-21(18,19)11-9-17(3)15-12(11)14/h9-10,16H,4-8H2,1-3H3,(H2,14,15). The van der Waals surface area contributed by atoms with Crippen LogP contribution in [0.1, 0.15) is 39.5 Å². The Bertz CT molecular complexity index is 593. The Kier molecular flexibility index (Phi) is 4.60. The molecule has 1 saturated heterocycles. The molecule has 0 saturated carbocycles. The van der Waals surface area contributed by atoms with Crippen LogP contribution < -0.4 is 10.5 Å². The van der Waals surface area contributed by atoms with Gasteiger partial charge in [-0.05, 0) is 25.7 Å². The Hall–Kier alpha value is -1.12. The largest absolute Gasteiger partial charge is 0.381 e. The highest BCUT2D eigenvalue weighted by molar-refractivity contribution is 7.89. The van der Waals surface area contributed by atoms with Crippen LogP contribution in [0.25, 0.3) is 0 Å². The number of nitrogens with one attached hydrogen (secondary N) is 1. The first-order chi connectivity index (χ1) is 9.82. The average molecular weight is 316 g/mol. The summed E-state index contributed by atoms with van der Waals surface area (Å²) in [4.78, 5) is 0.0371. The monoisotopic (exact) mass is 316 g/mol. The Labute approximate surface area is 125 Å². The summed E-state index contributed by atoms with van der Waals surface area (Å²) in [6.07, 6.45) is 4.51. The maximum absolute atomic E-state index is 12.4. The number of nitrogen functional groups attached to an aromatic ring is 1. The number of nitrogens with two attached hydrogens (primary N) is 1. The Balaban J connectivity index is 2.15. The first-order valence-corrected chi connectivity index (χ1v) is 8.75. The molecule has 3 N–H and O–H groups in total. The van der Waals surface area contributed by atoms with Gasteiger partial charge in [0.1, 0.15) is 4.90 Å². The molecule has 1 aliphatic heterocycles. The van der Waals surface area contributed by atoms with E-state index in [1.165, 1.54) is 10.9 Å². The predicted molar refractivity (Wildman–Crippen MR) is 80.2 cm³/mol. The molecule has 0 bridgehead atoms. The van der Waals surface area contributed by atoms with E-state index in [0.717, 1.165) is 12.8 Å². The Morgan fingerprint density at radius 3 is 2.71 bits per heavy atom. The molecule has 21 heavy (non-hydrogen) atoms. The number of nitrogens with zero attached hydrogens (tertiary/aromatic N) is 2. The van der Waals surface area contributed by atoms with Crippen LogP contribution in [0.4, 0.5) is 5.82 Å². The van der Waals surface area contributed by atoms with Crippen molar-refractivity contribution in [1.29, 1.82) is 0 Å². The SMILES string of the molecule is CCC1(CC)CC(NS(=O)(=O)c2cn(C)nc2N)CCO1. The lowest BCUT2D eigenvalue weighted by Gasteiger charge is -2.40. The van der Waals surface area contributed by atoms with E-state index in [4.69, 9.17) is 10.5 Å². The van der Waals surface area contributed by atoms with E-state index in [0.29, 0.717) is 19.4 Å². The molecule has 0 radical (unpaired) electrons. The average Bonchev–Trinajstić information content (AvgIpc) is 2.78. The van der Waals surface area contributed by atoms with Crippen molar-refractivity contribution in [3.8, 4) is 0 Å². The molecular formula is C13H24N4O3S. The van der Waals surface area contributed by atoms with Gasteiger partial charge >= 0.3 is 0 Å². The molecule has 7 nitrogen and oxygen atoms in total. The molecule has 1 aromatic heterocycles. The van der Waals surface area contributed by atoms with Gasteiger partial charge in [-0.2, -0.15) is 5.10 Å². The number of hydrogen-bond donors (Lipinski definition) is 2. The number of ether oxygens (including phenoxy) is 1.